The van der Waals surface area contributed by atoms with Gasteiger partial charge in [0.05, 0.1) is 4.92 Å². The number of aromatic carboxylic acids is 1. The molecule has 7 nitrogen and oxygen atoms in total. The number of nitro groups is 1. The molecule has 0 aliphatic heterocycles. The summed E-state index contributed by atoms with van der Waals surface area (Å²) in [6, 6.07) is 4.68. The molecule has 21 heavy (non-hydrogen) atoms. The van der Waals surface area contributed by atoms with E-state index in [1.54, 1.807) is 0 Å². The summed E-state index contributed by atoms with van der Waals surface area (Å²) < 4.78 is 0. The fourth-order valence-electron chi connectivity index (χ4n) is 1.95. The van der Waals surface area contributed by atoms with E-state index >= 15 is 0 Å². The number of nitrogens with zero attached hydrogens (tertiary/aromatic N) is 2. The highest BCUT2D eigenvalue weighted by Crippen LogP contribution is 2.28. The first-order chi connectivity index (χ1) is 9.88. The van der Waals surface area contributed by atoms with Crippen molar-refractivity contribution in [3.05, 3.63) is 33.9 Å². The Bertz CT molecular complexity index is 519. The molecular formula is C14H21N3O4. The van der Waals surface area contributed by atoms with Crippen molar-refractivity contribution in [2.75, 3.05) is 25.5 Å². The summed E-state index contributed by atoms with van der Waals surface area (Å²) >= 11 is 0. The van der Waals surface area contributed by atoms with Gasteiger partial charge in [-0.05, 0) is 32.5 Å². The van der Waals surface area contributed by atoms with Crippen LogP contribution in [0.4, 0.5) is 11.4 Å². The van der Waals surface area contributed by atoms with Crippen LogP contribution in [0.5, 0.6) is 0 Å². The van der Waals surface area contributed by atoms with Gasteiger partial charge in [-0.2, -0.15) is 0 Å². The van der Waals surface area contributed by atoms with Gasteiger partial charge in [-0.3, -0.25) is 10.1 Å². The third-order valence-corrected chi connectivity index (χ3v) is 3.57. The van der Waals surface area contributed by atoms with E-state index in [1.807, 2.05) is 7.05 Å². The van der Waals surface area contributed by atoms with Gasteiger partial charge in [0.25, 0.3) is 0 Å². The number of benzene rings is 1. The maximum Gasteiger partial charge on any atom is 0.342 e. The van der Waals surface area contributed by atoms with Crippen LogP contribution in [0.25, 0.3) is 0 Å². The molecule has 7 heteroatoms. The molecule has 1 aromatic rings. The number of hydrogen-bond donors (Lipinski definition) is 2. The highest BCUT2D eigenvalue weighted by Gasteiger charge is 2.23. The van der Waals surface area contributed by atoms with Crippen LogP contribution < -0.4 is 5.32 Å². The smallest absolute Gasteiger partial charge is 0.342 e. The molecule has 0 saturated carbocycles. The standard InChI is InChI=1S/C14H21N3O4/c1-4-10(2)16(3)9-8-15-12-7-5-6-11(14(18)19)13(12)17(20)21/h5-7,10,15H,4,8-9H2,1-3H3,(H,18,19). The number of nitro benzene ring substituents is 1. The molecule has 0 aliphatic rings. The fraction of sp³-hybridized carbons (Fsp3) is 0.500. The maximum absolute atomic E-state index is 11.1. The Balaban J connectivity index is 2.82. The third-order valence-electron chi connectivity index (χ3n) is 3.57. The van der Waals surface area contributed by atoms with Gasteiger partial charge < -0.3 is 15.3 Å². The van der Waals surface area contributed by atoms with Crippen molar-refractivity contribution >= 4 is 17.3 Å². The van der Waals surface area contributed by atoms with E-state index in [4.69, 9.17) is 5.11 Å². The van der Waals surface area contributed by atoms with Gasteiger partial charge in [-0.15, -0.1) is 0 Å². The molecule has 1 aromatic carbocycles. The summed E-state index contributed by atoms with van der Waals surface area (Å²) in [5, 5.41) is 23.1. The number of carbonyl (C=O) groups is 1. The van der Waals surface area contributed by atoms with Gasteiger partial charge in [-0.1, -0.05) is 13.0 Å². The first-order valence-electron chi connectivity index (χ1n) is 6.83. The number of hydrogen-bond acceptors (Lipinski definition) is 5. The second-order valence-electron chi connectivity index (χ2n) is 4.93. The van der Waals surface area contributed by atoms with Crippen LogP contribution >= 0.6 is 0 Å². The van der Waals surface area contributed by atoms with Crippen molar-refractivity contribution in [1.29, 1.82) is 0 Å². The molecule has 0 heterocycles. The molecule has 0 aromatic heterocycles. The number of carboxylic acid groups (broad SMARTS) is 1. The maximum atomic E-state index is 11.1. The van der Waals surface area contributed by atoms with E-state index < -0.39 is 16.6 Å². The third kappa shape index (κ3) is 4.42. The molecule has 116 valence electrons. The summed E-state index contributed by atoms with van der Waals surface area (Å²) in [7, 11) is 1.98. The van der Waals surface area contributed by atoms with Crippen LogP contribution in [0.1, 0.15) is 30.6 Å². The van der Waals surface area contributed by atoms with Gasteiger partial charge in [0, 0.05) is 19.1 Å². The second-order valence-corrected chi connectivity index (χ2v) is 4.93. The van der Waals surface area contributed by atoms with E-state index in [9.17, 15) is 14.9 Å². The van der Waals surface area contributed by atoms with Gasteiger partial charge >= 0.3 is 11.7 Å². The molecule has 0 saturated heterocycles. The summed E-state index contributed by atoms with van der Waals surface area (Å²) in [4.78, 5) is 23.6. The Morgan fingerprint density at radius 2 is 2.19 bits per heavy atom. The van der Waals surface area contributed by atoms with Crippen LogP contribution in [0, 0.1) is 10.1 Å². The molecule has 0 radical (unpaired) electrons. The molecule has 1 atom stereocenters. The van der Waals surface area contributed by atoms with Gasteiger partial charge in [0.15, 0.2) is 0 Å². The Morgan fingerprint density at radius 3 is 2.71 bits per heavy atom. The first kappa shape index (κ1) is 16.9. The molecule has 2 N–H and O–H groups in total. The van der Waals surface area contributed by atoms with E-state index in [0.717, 1.165) is 6.42 Å². The van der Waals surface area contributed by atoms with Crippen molar-refractivity contribution in [3.63, 3.8) is 0 Å². The largest absolute Gasteiger partial charge is 0.477 e. The number of para-hydroxylation sites is 1. The fourth-order valence-corrected chi connectivity index (χ4v) is 1.95. The molecular weight excluding hydrogens is 274 g/mol. The lowest BCUT2D eigenvalue weighted by Gasteiger charge is -2.23. The zero-order chi connectivity index (χ0) is 16.0. The topological polar surface area (TPSA) is 95.7 Å². The highest BCUT2D eigenvalue weighted by molar-refractivity contribution is 5.95. The van der Waals surface area contributed by atoms with Crippen LogP contribution in [-0.4, -0.2) is 47.1 Å². The average molecular weight is 295 g/mol. The van der Waals surface area contributed by atoms with Crippen molar-refractivity contribution in [2.45, 2.75) is 26.3 Å². The molecule has 0 amide bonds. The van der Waals surface area contributed by atoms with Crippen molar-refractivity contribution in [2.24, 2.45) is 0 Å². The predicted octanol–water partition coefficient (Wildman–Crippen LogP) is 2.44. The van der Waals surface area contributed by atoms with Crippen molar-refractivity contribution in [3.8, 4) is 0 Å². The van der Waals surface area contributed by atoms with E-state index in [-0.39, 0.29) is 11.3 Å². The summed E-state index contributed by atoms with van der Waals surface area (Å²) in [6.45, 7) is 5.41. The lowest BCUT2D eigenvalue weighted by Crippen LogP contribution is -2.32. The lowest BCUT2D eigenvalue weighted by atomic mass is 10.1. The monoisotopic (exact) mass is 295 g/mol. The Labute approximate surface area is 123 Å². The van der Waals surface area contributed by atoms with E-state index in [0.29, 0.717) is 19.1 Å². The van der Waals surface area contributed by atoms with Gasteiger partial charge in [0.2, 0.25) is 0 Å². The minimum Gasteiger partial charge on any atom is -0.477 e. The molecule has 1 unspecified atom stereocenters. The SMILES string of the molecule is CCC(C)N(C)CCNc1cccc(C(=O)O)c1[N+](=O)[O-]. The molecule has 1 rings (SSSR count). The van der Waals surface area contributed by atoms with Crippen LogP contribution in [0.3, 0.4) is 0 Å². The number of rotatable bonds is 8. The lowest BCUT2D eigenvalue weighted by molar-refractivity contribution is -0.384. The highest BCUT2D eigenvalue weighted by atomic mass is 16.6. The molecule has 0 bridgehead atoms. The van der Waals surface area contributed by atoms with Crippen molar-refractivity contribution < 1.29 is 14.8 Å². The second kappa shape index (κ2) is 7.58. The van der Waals surface area contributed by atoms with Crippen LogP contribution in [0.2, 0.25) is 0 Å². The minimum absolute atomic E-state index is 0.234. The first-order valence-corrected chi connectivity index (χ1v) is 6.83. The zero-order valence-electron chi connectivity index (χ0n) is 12.5. The molecule has 0 spiro atoms. The summed E-state index contributed by atoms with van der Waals surface area (Å²) in [5.74, 6) is -1.30. The Kier molecular flexibility index (Phi) is 6.10. The van der Waals surface area contributed by atoms with Gasteiger partial charge in [-0.25, -0.2) is 4.79 Å². The van der Waals surface area contributed by atoms with E-state index in [1.165, 1.54) is 18.2 Å². The number of carboxylic acids is 1. The van der Waals surface area contributed by atoms with Crippen LogP contribution in [0.15, 0.2) is 18.2 Å². The molecule has 0 aliphatic carbocycles. The van der Waals surface area contributed by atoms with E-state index in [2.05, 4.69) is 24.1 Å². The summed E-state index contributed by atoms with van der Waals surface area (Å²) in [5.41, 5.74) is -0.464. The van der Waals surface area contributed by atoms with Crippen LogP contribution in [-0.2, 0) is 0 Å². The summed E-state index contributed by atoms with van der Waals surface area (Å²) in [6.07, 6.45) is 1.02. The molecule has 0 fully saturated rings. The number of likely N-dealkylation sites (N-methyl/N-ethyl adjacent to an activating group) is 1. The zero-order valence-corrected chi connectivity index (χ0v) is 12.5. The quantitative estimate of drug-likeness (QED) is 0.565. The Hall–Kier alpha value is -2.15. The minimum atomic E-state index is -1.30. The Morgan fingerprint density at radius 1 is 1.52 bits per heavy atom. The normalized spacial score (nSPS) is 12.2. The number of anilines is 1. The van der Waals surface area contributed by atoms with Crippen molar-refractivity contribution in [1.82, 2.24) is 4.90 Å². The predicted molar refractivity (Wildman–Crippen MR) is 80.9 cm³/mol. The van der Waals surface area contributed by atoms with Gasteiger partial charge in [0.1, 0.15) is 11.3 Å². The number of nitrogens with one attached hydrogen (secondary N) is 1. The average Bonchev–Trinajstić information content (AvgIpc) is 2.45.